The standard InChI is InChI=1S/C22H28O8/c1-4-27-19(24)18(15-7-6-8-16(13-15)26-3)22(20(25)28-5-2)14-21(10-9-17(22)23)29-11-12-30-21/h6-8,13,18H,4-5,9-12,14H2,1-3H3. The van der Waals surface area contributed by atoms with Gasteiger partial charge in [-0.25, -0.2) is 0 Å². The number of ketones is 1. The zero-order chi connectivity index (χ0) is 21.8. The van der Waals surface area contributed by atoms with Crippen LogP contribution in [0.3, 0.4) is 0 Å². The number of hydrogen-bond acceptors (Lipinski definition) is 8. The summed E-state index contributed by atoms with van der Waals surface area (Å²) in [6.07, 6.45) is 0.234. The van der Waals surface area contributed by atoms with Gasteiger partial charge in [-0.1, -0.05) is 12.1 Å². The predicted octanol–water partition coefficient (Wildman–Crippen LogP) is 2.39. The van der Waals surface area contributed by atoms with Gasteiger partial charge in [-0.05, 0) is 31.5 Å². The number of methoxy groups -OCH3 is 1. The van der Waals surface area contributed by atoms with Crippen LogP contribution in [-0.4, -0.2) is 57.0 Å². The maximum absolute atomic E-state index is 13.4. The second-order valence-corrected chi connectivity index (χ2v) is 7.36. The van der Waals surface area contributed by atoms with Gasteiger partial charge in [-0.2, -0.15) is 0 Å². The summed E-state index contributed by atoms with van der Waals surface area (Å²) >= 11 is 0. The second kappa shape index (κ2) is 9.14. The number of rotatable bonds is 7. The molecule has 1 spiro atoms. The Morgan fingerprint density at radius 3 is 2.47 bits per heavy atom. The minimum absolute atomic E-state index is 0.0265. The number of esters is 2. The van der Waals surface area contributed by atoms with Gasteiger partial charge in [0.1, 0.15) is 17.1 Å². The quantitative estimate of drug-likeness (QED) is 0.490. The molecule has 30 heavy (non-hydrogen) atoms. The fourth-order valence-corrected chi connectivity index (χ4v) is 4.38. The highest BCUT2D eigenvalue weighted by Gasteiger charge is 2.64. The third-order valence-electron chi connectivity index (χ3n) is 5.67. The average Bonchev–Trinajstić information content (AvgIpc) is 3.19. The van der Waals surface area contributed by atoms with Gasteiger partial charge >= 0.3 is 11.9 Å². The molecular formula is C22H28O8. The molecule has 8 nitrogen and oxygen atoms in total. The Hall–Kier alpha value is -2.45. The summed E-state index contributed by atoms with van der Waals surface area (Å²) in [7, 11) is 1.50. The summed E-state index contributed by atoms with van der Waals surface area (Å²) in [6, 6.07) is 6.73. The van der Waals surface area contributed by atoms with Gasteiger partial charge in [0.2, 0.25) is 0 Å². The highest BCUT2D eigenvalue weighted by molar-refractivity contribution is 6.09. The van der Waals surface area contributed by atoms with E-state index in [1.807, 2.05) is 0 Å². The van der Waals surface area contributed by atoms with Crippen LogP contribution in [0.5, 0.6) is 5.75 Å². The van der Waals surface area contributed by atoms with Crippen molar-refractivity contribution in [3.63, 3.8) is 0 Å². The van der Waals surface area contributed by atoms with Gasteiger partial charge in [0.25, 0.3) is 0 Å². The first-order chi connectivity index (χ1) is 14.4. The Morgan fingerprint density at radius 1 is 1.13 bits per heavy atom. The lowest BCUT2D eigenvalue weighted by Crippen LogP contribution is -2.57. The van der Waals surface area contributed by atoms with E-state index in [1.165, 1.54) is 7.11 Å². The monoisotopic (exact) mass is 420 g/mol. The van der Waals surface area contributed by atoms with Gasteiger partial charge < -0.3 is 23.7 Å². The van der Waals surface area contributed by atoms with E-state index < -0.39 is 29.1 Å². The van der Waals surface area contributed by atoms with Crippen molar-refractivity contribution in [1.29, 1.82) is 0 Å². The fraction of sp³-hybridized carbons (Fsp3) is 0.591. The van der Waals surface area contributed by atoms with Gasteiger partial charge in [0.05, 0.1) is 33.5 Å². The first-order valence-corrected chi connectivity index (χ1v) is 10.2. The molecule has 8 heteroatoms. The predicted molar refractivity (Wildman–Crippen MR) is 105 cm³/mol. The summed E-state index contributed by atoms with van der Waals surface area (Å²) in [4.78, 5) is 40.0. The molecule has 0 N–H and O–H groups in total. The highest BCUT2D eigenvalue weighted by Crippen LogP contribution is 2.52. The summed E-state index contributed by atoms with van der Waals surface area (Å²) in [6.45, 7) is 4.21. The summed E-state index contributed by atoms with van der Waals surface area (Å²) in [5, 5.41) is 0. The van der Waals surface area contributed by atoms with Crippen LogP contribution in [0.2, 0.25) is 0 Å². The van der Waals surface area contributed by atoms with Gasteiger partial charge in [0, 0.05) is 19.3 Å². The van der Waals surface area contributed by atoms with E-state index in [1.54, 1.807) is 38.1 Å². The van der Waals surface area contributed by atoms with E-state index in [0.29, 0.717) is 30.9 Å². The molecule has 1 aliphatic carbocycles. The number of carbonyl (C=O) groups is 3. The minimum Gasteiger partial charge on any atom is -0.497 e. The van der Waals surface area contributed by atoms with E-state index in [2.05, 4.69) is 0 Å². The third-order valence-corrected chi connectivity index (χ3v) is 5.67. The van der Waals surface area contributed by atoms with Crippen LogP contribution in [-0.2, 0) is 33.3 Å². The second-order valence-electron chi connectivity index (χ2n) is 7.36. The van der Waals surface area contributed by atoms with Crippen LogP contribution < -0.4 is 4.74 Å². The Bertz CT molecular complexity index is 798. The molecule has 1 aromatic carbocycles. The van der Waals surface area contributed by atoms with Crippen LogP contribution in [0, 0.1) is 5.41 Å². The van der Waals surface area contributed by atoms with Crippen molar-refractivity contribution in [1.82, 2.24) is 0 Å². The summed E-state index contributed by atoms with van der Waals surface area (Å²) in [5.74, 6) is -3.66. The van der Waals surface area contributed by atoms with Crippen LogP contribution in [0.25, 0.3) is 0 Å². The maximum atomic E-state index is 13.4. The molecule has 3 rings (SSSR count). The van der Waals surface area contributed by atoms with Crippen LogP contribution >= 0.6 is 0 Å². The molecule has 2 aliphatic rings. The number of hydrogen-bond donors (Lipinski definition) is 0. The van der Waals surface area contributed by atoms with E-state index in [0.717, 1.165) is 0 Å². The van der Waals surface area contributed by atoms with Crippen molar-refractivity contribution in [2.75, 3.05) is 33.5 Å². The van der Waals surface area contributed by atoms with Gasteiger partial charge in [-0.3, -0.25) is 14.4 Å². The molecule has 0 amide bonds. The number of carbonyl (C=O) groups excluding carboxylic acids is 3. The Balaban J connectivity index is 2.19. The van der Waals surface area contributed by atoms with Gasteiger partial charge in [0.15, 0.2) is 11.6 Å². The van der Waals surface area contributed by atoms with E-state index in [9.17, 15) is 14.4 Å². The number of Topliss-reactive ketones (excluding diaryl/α,β-unsaturated/α-hetero) is 1. The molecule has 0 radical (unpaired) electrons. The zero-order valence-corrected chi connectivity index (χ0v) is 17.6. The van der Waals surface area contributed by atoms with Crippen molar-refractivity contribution in [3.8, 4) is 5.75 Å². The van der Waals surface area contributed by atoms with Crippen LogP contribution in [0.15, 0.2) is 24.3 Å². The Morgan fingerprint density at radius 2 is 1.83 bits per heavy atom. The molecule has 0 bridgehead atoms. The minimum atomic E-state index is -1.82. The van der Waals surface area contributed by atoms with Crippen molar-refractivity contribution in [2.45, 2.75) is 44.8 Å². The SMILES string of the molecule is CCOC(=O)C(c1cccc(OC)c1)C1(C(=O)OCC)CC2(CCC1=O)OCCO2. The smallest absolute Gasteiger partial charge is 0.321 e. The zero-order valence-electron chi connectivity index (χ0n) is 17.6. The molecule has 1 heterocycles. The molecule has 1 saturated carbocycles. The molecule has 2 fully saturated rings. The third kappa shape index (κ3) is 3.94. The summed E-state index contributed by atoms with van der Waals surface area (Å²) in [5.41, 5.74) is -1.39. The molecule has 1 saturated heterocycles. The first-order valence-electron chi connectivity index (χ1n) is 10.2. The van der Waals surface area contributed by atoms with Crippen LogP contribution in [0.4, 0.5) is 0 Å². The lowest BCUT2D eigenvalue weighted by atomic mass is 9.61. The molecule has 1 aromatic rings. The number of ether oxygens (including phenoxy) is 5. The number of benzene rings is 1. The van der Waals surface area contributed by atoms with Crippen molar-refractivity contribution in [2.24, 2.45) is 5.41 Å². The molecular weight excluding hydrogens is 392 g/mol. The molecule has 2 unspecified atom stereocenters. The highest BCUT2D eigenvalue weighted by atomic mass is 16.7. The molecule has 0 aromatic heterocycles. The van der Waals surface area contributed by atoms with Crippen molar-refractivity contribution < 1.29 is 38.1 Å². The van der Waals surface area contributed by atoms with E-state index in [4.69, 9.17) is 23.7 Å². The van der Waals surface area contributed by atoms with Crippen LogP contribution in [0.1, 0.15) is 44.6 Å². The van der Waals surface area contributed by atoms with E-state index >= 15 is 0 Å². The topological polar surface area (TPSA) is 97.4 Å². The fourth-order valence-electron chi connectivity index (χ4n) is 4.38. The molecule has 1 aliphatic heterocycles. The Labute approximate surface area is 175 Å². The largest absolute Gasteiger partial charge is 0.497 e. The molecule has 164 valence electrons. The van der Waals surface area contributed by atoms with Crippen molar-refractivity contribution in [3.05, 3.63) is 29.8 Å². The molecule has 2 atom stereocenters. The normalized spacial score (nSPS) is 23.8. The first kappa shape index (κ1) is 22.2. The van der Waals surface area contributed by atoms with E-state index in [-0.39, 0.29) is 31.8 Å². The Kier molecular flexibility index (Phi) is 6.77. The lowest BCUT2D eigenvalue weighted by Gasteiger charge is -2.44. The maximum Gasteiger partial charge on any atom is 0.321 e. The lowest BCUT2D eigenvalue weighted by molar-refractivity contribution is -0.214. The summed E-state index contributed by atoms with van der Waals surface area (Å²) < 4.78 is 27.6. The van der Waals surface area contributed by atoms with Crippen molar-refractivity contribution >= 4 is 17.7 Å². The van der Waals surface area contributed by atoms with Gasteiger partial charge in [-0.15, -0.1) is 0 Å². The average molecular weight is 420 g/mol.